The molecule has 0 saturated heterocycles. The highest BCUT2D eigenvalue weighted by atomic mass is 16.4. The lowest BCUT2D eigenvalue weighted by molar-refractivity contribution is -0.140. The second-order valence-electron chi connectivity index (χ2n) is 2.64. The first-order valence-electron chi connectivity index (χ1n) is 4.20. The topological polar surface area (TPSA) is 141 Å². The van der Waals surface area contributed by atoms with Gasteiger partial charge in [-0.25, -0.2) is 14.4 Å². The molecular weight excluding hydrogens is 234 g/mol. The van der Waals surface area contributed by atoms with E-state index in [9.17, 15) is 19.2 Å². The summed E-state index contributed by atoms with van der Waals surface area (Å²) in [6.45, 7) is -0.337. The third kappa shape index (κ3) is 6.44. The largest absolute Gasteiger partial charge is 0.478 e. The van der Waals surface area contributed by atoms with Crippen LogP contribution in [0, 0.1) is 0 Å². The van der Waals surface area contributed by atoms with Crippen molar-refractivity contribution >= 4 is 23.8 Å². The van der Waals surface area contributed by atoms with Crippen molar-refractivity contribution < 1.29 is 34.5 Å². The van der Waals surface area contributed by atoms with Gasteiger partial charge in [-0.2, -0.15) is 0 Å². The summed E-state index contributed by atoms with van der Waals surface area (Å²) in [5.41, 5.74) is -0.882. The van der Waals surface area contributed by atoms with Crippen molar-refractivity contribution in [2.24, 2.45) is 0 Å². The zero-order chi connectivity index (χ0) is 13.4. The maximum atomic E-state index is 10.9. The Morgan fingerprint density at radius 1 is 0.941 bits per heavy atom. The van der Waals surface area contributed by atoms with Crippen LogP contribution in [0.25, 0.3) is 0 Å². The number of hydrogen-bond acceptors (Lipinski definition) is 4. The van der Waals surface area contributed by atoms with Gasteiger partial charge in [-0.3, -0.25) is 4.79 Å². The van der Waals surface area contributed by atoms with Gasteiger partial charge in [-0.15, -0.1) is 0 Å². The number of carbonyl (C=O) groups is 4. The molecule has 0 aliphatic carbocycles. The molecule has 0 bridgehead atoms. The normalized spacial score (nSPS) is 9.65. The molecule has 0 aliphatic rings. The number of carbonyl (C=O) groups excluding carboxylic acids is 1. The van der Waals surface area contributed by atoms with E-state index in [2.05, 4.69) is 5.32 Å². The number of nitrogens with one attached hydrogen (secondary N) is 1. The summed E-state index contributed by atoms with van der Waals surface area (Å²) in [4.78, 5) is 41.7. The summed E-state index contributed by atoms with van der Waals surface area (Å²) in [5, 5.41) is 27.1. The molecule has 0 aromatic carbocycles. The van der Waals surface area contributed by atoms with E-state index in [0.29, 0.717) is 6.08 Å². The van der Waals surface area contributed by atoms with Crippen LogP contribution in [0.3, 0.4) is 0 Å². The highest BCUT2D eigenvalue weighted by Crippen LogP contribution is 1.93. The van der Waals surface area contributed by atoms with Crippen molar-refractivity contribution in [1.29, 1.82) is 0 Å². The lowest BCUT2D eigenvalue weighted by Gasteiger charge is -1.98. The van der Waals surface area contributed by atoms with E-state index in [1.54, 1.807) is 0 Å². The van der Waals surface area contributed by atoms with Gasteiger partial charge >= 0.3 is 17.9 Å². The van der Waals surface area contributed by atoms with Gasteiger partial charge in [0.25, 0.3) is 0 Å². The van der Waals surface area contributed by atoms with Crippen LogP contribution in [0.4, 0.5) is 0 Å². The summed E-state index contributed by atoms with van der Waals surface area (Å²) in [5.74, 6) is -5.35. The quantitative estimate of drug-likeness (QED) is 0.262. The Morgan fingerprint density at radius 3 is 1.88 bits per heavy atom. The van der Waals surface area contributed by atoms with Crippen molar-refractivity contribution in [2.75, 3.05) is 6.54 Å². The molecule has 92 valence electrons. The van der Waals surface area contributed by atoms with E-state index in [0.717, 1.165) is 12.2 Å². The molecule has 0 spiro atoms. The van der Waals surface area contributed by atoms with Crippen LogP contribution in [0.2, 0.25) is 0 Å². The van der Waals surface area contributed by atoms with Gasteiger partial charge in [-0.05, 0) is 6.08 Å². The molecule has 0 aromatic heterocycles. The van der Waals surface area contributed by atoms with Crippen molar-refractivity contribution in [3.63, 3.8) is 0 Å². The summed E-state index contributed by atoms with van der Waals surface area (Å²) < 4.78 is 0. The first-order valence-corrected chi connectivity index (χ1v) is 4.20. The molecule has 0 heterocycles. The summed E-state index contributed by atoms with van der Waals surface area (Å²) in [7, 11) is 0. The van der Waals surface area contributed by atoms with E-state index >= 15 is 0 Å². The summed E-state index contributed by atoms with van der Waals surface area (Å²) in [6.07, 6.45) is 2.10. The zero-order valence-corrected chi connectivity index (χ0v) is 8.41. The third-order valence-electron chi connectivity index (χ3n) is 1.42. The summed E-state index contributed by atoms with van der Waals surface area (Å²) in [6, 6.07) is 0. The number of aliphatic carboxylic acids is 3. The molecule has 0 aliphatic heterocycles. The monoisotopic (exact) mass is 243 g/mol. The number of carboxylic acid groups (broad SMARTS) is 3. The molecule has 17 heavy (non-hydrogen) atoms. The van der Waals surface area contributed by atoms with E-state index in [4.69, 9.17) is 15.3 Å². The minimum atomic E-state index is -1.63. The number of hydrogen-bond donors (Lipinski definition) is 4. The van der Waals surface area contributed by atoms with Gasteiger partial charge < -0.3 is 20.6 Å². The molecule has 0 atom stereocenters. The minimum absolute atomic E-state index is 0.337. The van der Waals surface area contributed by atoms with Crippen LogP contribution in [-0.4, -0.2) is 45.7 Å². The molecule has 0 saturated carbocycles. The molecule has 8 heteroatoms. The fourth-order valence-electron chi connectivity index (χ4n) is 0.726. The molecular formula is C9H9NO7. The Balaban J connectivity index is 4.34. The Bertz CT molecular complexity index is 392. The molecule has 0 radical (unpaired) electrons. The van der Waals surface area contributed by atoms with Gasteiger partial charge in [0.15, 0.2) is 0 Å². The SMILES string of the molecule is O=C(O)C=CC(=O)NCC=C(C(=O)O)C(=O)O. The predicted molar refractivity (Wildman–Crippen MR) is 53.1 cm³/mol. The Hall–Kier alpha value is -2.64. The van der Waals surface area contributed by atoms with Crippen molar-refractivity contribution in [2.45, 2.75) is 0 Å². The molecule has 8 nitrogen and oxygen atoms in total. The standard InChI is InChI=1S/C9H9NO7/c11-6(1-2-7(12)13)10-4-3-5(8(14)15)9(16)17/h1-3H,4H2,(H,10,11)(H,12,13)(H,14,15)(H,16,17). The Kier molecular flexibility index (Phi) is 5.72. The van der Waals surface area contributed by atoms with Crippen molar-refractivity contribution in [3.05, 3.63) is 23.8 Å². The van der Waals surface area contributed by atoms with Crippen LogP contribution in [0.1, 0.15) is 0 Å². The molecule has 0 rings (SSSR count). The maximum Gasteiger partial charge on any atom is 0.342 e. The fraction of sp³-hybridized carbons (Fsp3) is 0.111. The van der Waals surface area contributed by atoms with Crippen molar-refractivity contribution in [1.82, 2.24) is 5.32 Å². The highest BCUT2D eigenvalue weighted by Gasteiger charge is 2.14. The average molecular weight is 243 g/mol. The fourth-order valence-corrected chi connectivity index (χ4v) is 0.726. The second kappa shape index (κ2) is 6.77. The van der Waals surface area contributed by atoms with Gasteiger partial charge in [0, 0.05) is 18.7 Å². The van der Waals surface area contributed by atoms with E-state index in [1.807, 2.05) is 0 Å². The molecule has 0 aromatic rings. The predicted octanol–water partition coefficient (Wildman–Crippen LogP) is -1.16. The van der Waals surface area contributed by atoms with E-state index < -0.39 is 29.4 Å². The lowest BCUT2D eigenvalue weighted by atomic mass is 10.2. The first kappa shape index (κ1) is 14.4. The summed E-state index contributed by atoms with van der Waals surface area (Å²) >= 11 is 0. The minimum Gasteiger partial charge on any atom is -0.478 e. The van der Waals surface area contributed by atoms with Crippen molar-refractivity contribution in [3.8, 4) is 0 Å². The van der Waals surface area contributed by atoms with Crippen LogP contribution in [0.15, 0.2) is 23.8 Å². The Labute approximate surface area is 94.9 Å². The first-order chi connectivity index (χ1) is 7.84. The zero-order valence-electron chi connectivity index (χ0n) is 8.41. The van der Waals surface area contributed by atoms with Gasteiger partial charge in [0.05, 0.1) is 0 Å². The molecule has 4 N–H and O–H groups in total. The number of rotatable bonds is 6. The molecule has 1 amide bonds. The lowest BCUT2D eigenvalue weighted by Crippen LogP contribution is -2.23. The number of amides is 1. The Morgan fingerprint density at radius 2 is 1.47 bits per heavy atom. The third-order valence-corrected chi connectivity index (χ3v) is 1.42. The van der Waals surface area contributed by atoms with Crippen LogP contribution < -0.4 is 5.32 Å². The van der Waals surface area contributed by atoms with Crippen LogP contribution in [-0.2, 0) is 19.2 Å². The van der Waals surface area contributed by atoms with E-state index in [1.165, 1.54) is 0 Å². The van der Waals surface area contributed by atoms with Gasteiger partial charge in [0.1, 0.15) is 5.57 Å². The van der Waals surface area contributed by atoms with Crippen LogP contribution in [0.5, 0.6) is 0 Å². The van der Waals surface area contributed by atoms with Gasteiger partial charge in [-0.1, -0.05) is 0 Å². The molecule has 0 unspecified atom stereocenters. The number of carboxylic acids is 3. The van der Waals surface area contributed by atoms with E-state index in [-0.39, 0.29) is 6.54 Å². The average Bonchev–Trinajstić information content (AvgIpc) is 2.20. The smallest absolute Gasteiger partial charge is 0.342 e. The molecule has 0 fully saturated rings. The van der Waals surface area contributed by atoms with Crippen LogP contribution >= 0.6 is 0 Å². The maximum absolute atomic E-state index is 10.9. The second-order valence-corrected chi connectivity index (χ2v) is 2.64. The highest BCUT2D eigenvalue weighted by molar-refractivity contribution is 6.12. The van der Waals surface area contributed by atoms with Gasteiger partial charge in [0.2, 0.25) is 5.91 Å².